The number of halogens is 1. The largest absolute Gasteiger partial charge is 0.389 e. The summed E-state index contributed by atoms with van der Waals surface area (Å²) in [7, 11) is -2.29. The normalized spacial score (nSPS) is 11.1. The third kappa shape index (κ3) is 3.18. The van der Waals surface area contributed by atoms with Crippen LogP contribution in [0.5, 0.6) is 0 Å². The zero-order valence-electron chi connectivity index (χ0n) is 11.2. The van der Waals surface area contributed by atoms with Gasteiger partial charge in [0, 0.05) is 12.6 Å². The second-order valence-electron chi connectivity index (χ2n) is 4.32. The average Bonchev–Trinajstić information content (AvgIpc) is 2.46. The van der Waals surface area contributed by atoms with Crippen LogP contribution in [-0.4, -0.2) is 20.5 Å². The summed E-state index contributed by atoms with van der Waals surface area (Å²) in [6, 6.07) is 13.0. The van der Waals surface area contributed by atoms with Crippen LogP contribution in [0, 0.1) is 0 Å². The summed E-state index contributed by atoms with van der Waals surface area (Å²) in [4.78, 5) is 0.260. The van der Waals surface area contributed by atoms with Crippen molar-refractivity contribution < 1.29 is 8.42 Å². The number of thiocarbonyl (C=S) groups is 1. The molecule has 2 aromatic carbocycles. The fourth-order valence-electron chi connectivity index (χ4n) is 1.80. The van der Waals surface area contributed by atoms with Crippen molar-refractivity contribution in [1.29, 1.82) is 0 Å². The van der Waals surface area contributed by atoms with Gasteiger partial charge in [-0.25, -0.2) is 8.42 Å². The standard InChI is InChI=1S/C14H13ClN2O2S2/c1-17(11-6-4-5-10(9-11)14(16)20)21(18,19)13-8-3-2-7-12(13)15/h2-9H,1H3,(H2,16,20). The van der Waals surface area contributed by atoms with Crippen LogP contribution in [0.1, 0.15) is 5.56 Å². The van der Waals surface area contributed by atoms with E-state index in [1.807, 2.05) is 0 Å². The number of sulfonamides is 1. The molecule has 0 unspecified atom stereocenters. The molecule has 0 heterocycles. The van der Waals surface area contributed by atoms with Gasteiger partial charge < -0.3 is 5.73 Å². The molecule has 0 aliphatic carbocycles. The lowest BCUT2D eigenvalue weighted by Crippen LogP contribution is -2.27. The SMILES string of the molecule is CN(c1cccc(C(N)=S)c1)S(=O)(=O)c1ccccc1Cl. The minimum atomic E-state index is -3.75. The van der Waals surface area contributed by atoms with Crippen LogP contribution in [0.4, 0.5) is 5.69 Å². The third-order valence-corrected chi connectivity index (χ3v) is 5.49. The lowest BCUT2D eigenvalue weighted by molar-refractivity contribution is 0.594. The van der Waals surface area contributed by atoms with E-state index in [2.05, 4.69) is 0 Å². The molecule has 2 aromatic rings. The highest BCUT2D eigenvalue weighted by atomic mass is 35.5. The summed E-state index contributed by atoms with van der Waals surface area (Å²) in [5.74, 6) is 0. The highest BCUT2D eigenvalue weighted by Gasteiger charge is 2.23. The summed E-state index contributed by atoms with van der Waals surface area (Å²) < 4.78 is 26.4. The maximum absolute atomic E-state index is 12.6. The molecule has 0 aromatic heterocycles. The van der Waals surface area contributed by atoms with E-state index in [9.17, 15) is 8.42 Å². The Labute approximate surface area is 134 Å². The smallest absolute Gasteiger partial charge is 0.265 e. The van der Waals surface area contributed by atoms with Gasteiger partial charge in [-0.3, -0.25) is 4.31 Å². The molecule has 0 atom stereocenters. The highest BCUT2D eigenvalue weighted by Crippen LogP contribution is 2.27. The van der Waals surface area contributed by atoms with Crippen molar-refractivity contribution in [3.63, 3.8) is 0 Å². The Balaban J connectivity index is 2.48. The van der Waals surface area contributed by atoms with Crippen LogP contribution < -0.4 is 10.0 Å². The van der Waals surface area contributed by atoms with Crippen molar-refractivity contribution in [2.45, 2.75) is 4.90 Å². The first-order valence-corrected chi connectivity index (χ1v) is 8.20. The predicted molar refractivity (Wildman–Crippen MR) is 89.4 cm³/mol. The topological polar surface area (TPSA) is 63.4 Å². The van der Waals surface area contributed by atoms with Crippen molar-refractivity contribution in [1.82, 2.24) is 0 Å². The van der Waals surface area contributed by atoms with Crippen LogP contribution in [0.25, 0.3) is 0 Å². The second kappa shape index (κ2) is 6.01. The lowest BCUT2D eigenvalue weighted by Gasteiger charge is -2.20. The van der Waals surface area contributed by atoms with Crippen LogP contribution in [0.3, 0.4) is 0 Å². The zero-order valence-corrected chi connectivity index (χ0v) is 13.5. The van der Waals surface area contributed by atoms with Crippen LogP contribution in [0.2, 0.25) is 5.02 Å². The van der Waals surface area contributed by atoms with E-state index in [-0.39, 0.29) is 14.9 Å². The van der Waals surface area contributed by atoms with Gasteiger partial charge in [0.2, 0.25) is 0 Å². The molecule has 4 nitrogen and oxygen atoms in total. The van der Waals surface area contributed by atoms with Gasteiger partial charge in [0.15, 0.2) is 0 Å². The van der Waals surface area contributed by atoms with Crippen molar-refractivity contribution >= 4 is 44.5 Å². The zero-order chi connectivity index (χ0) is 15.6. The summed E-state index contributed by atoms with van der Waals surface area (Å²) in [6.07, 6.45) is 0. The molecule has 2 N–H and O–H groups in total. The Morgan fingerprint density at radius 1 is 1.19 bits per heavy atom. The first-order valence-electron chi connectivity index (χ1n) is 5.97. The van der Waals surface area contributed by atoms with E-state index < -0.39 is 10.0 Å². The van der Waals surface area contributed by atoms with E-state index in [1.54, 1.807) is 36.4 Å². The first-order chi connectivity index (χ1) is 9.84. The van der Waals surface area contributed by atoms with Gasteiger partial charge in [-0.2, -0.15) is 0 Å². The summed E-state index contributed by atoms with van der Waals surface area (Å²) in [5, 5.41) is 0.176. The average molecular weight is 341 g/mol. The highest BCUT2D eigenvalue weighted by molar-refractivity contribution is 7.93. The maximum atomic E-state index is 12.6. The Hall–Kier alpha value is -1.63. The molecule has 0 aliphatic heterocycles. The molecule has 2 rings (SSSR count). The molecular formula is C14H13ClN2O2S2. The van der Waals surface area contributed by atoms with Crippen molar-refractivity contribution in [3.05, 3.63) is 59.1 Å². The number of hydrogen-bond acceptors (Lipinski definition) is 3. The van der Waals surface area contributed by atoms with E-state index in [0.717, 1.165) is 4.31 Å². The van der Waals surface area contributed by atoms with Gasteiger partial charge in [0.1, 0.15) is 9.88 Å². The summed E-state index contributed by atoms with van der Waals surface area (Å²) >= 11 is 10.9. The van der Waals surface area contributed by atoms with Crippen LogP contribution >= 0.6 is 23.8 Å². The molecule has 110 valence electrons. The number of benzene rings is 2. The van der Waals surface area contributed by atoms with Crippen molar-refractivity contribution in [2.24, 2.45) is 5.73 Å². The van der Waals surface area contributed by atoms with Gasteiger partial charge in [-0.05, 0) is 24.3 Å². The van der Waals surface area contributed by atoms with E-state index in [0.29, 0.717) is 11.3 Å². The minimum Gasteiger partial charge on any atom is -0.389 e. The Kier molecular flexibility index (Phi) is 4.51. The first kappa shape index (κ1) is 15.8. The summed E-state index contributed by atoms with van der Waals surface area (Å²) in [5.41, 5.74) is 6.63. The number of anilines is 1. The minimum absolute atomic E-state index is 0.0508. The third-order valence-electron chi connectivity index (χ3n) is 2.97. The number of nitrogens with two attached hydrogens (primary N) is 1. The molecule has 0 bridgehead atoms. The van der Waals surface area contributed by atoms with Crippen LogP contribution in [0.15, 0.2) is 53.4 Å². The number of hydrogen-bond donors (Lipinski definition) is 1. The number of nitrogens with zero attached hydrogens (tertiary/aromatic N) is 1. The lowest BCUT2D eigenvalue weighted by atomic mass is 10.2. The van der Waals surface area contributed by atoms with E-state index in [4.69, 9.17) is 29.6 Å². The van der Waals surface area contributed by atoms with Gasteiger partial charge in [0.05, 0.1) is 10.7 Å². The maximum Gasteiger partial charge on any atom is 0.265 e. The molecule has 0 radical (unpaired) electrons. The Morgan fingerprint density at radius 2 is 1.86 bits per heavy atom. The molecular weight excluding hydrogens is 328 g/mol. The van der Waals surface area contributed by atoms with Gasteiger partial charge >= 0.3 is 0 Å². The predicted octanol–water partition coefficient (Wildman–Crippen LogP) is 2.80. The van der Waals surface area contributed by atoms with Crippen molar-refractivity contribution in [3.8, 4) is 0 Å². The molecule has 0 spiro atoms. The molecule has 0 saturated heterocycles. The van der Waals surface area contributed by atoms with E-state index in [1.165, 1.54) is 19.2 Å². The fraction of sp³-hybridized carbons (Fsp3) is 0.0714. The van der Waals surface area contributed by atoms with E-state index >= 15 is 0 Å². The monoisotopic (exact) mass is 340 g/mol. The Bertz CT molecular complexity index is 791. The molecule has 21 heavy (non-hydrogen) atoms. The van der Waals surface area contributed by atoms with Crippen LogP contribution in [-0.2, 0) is 10.0 Å². The van der Waals surface area contributed by atoms with Crippen molar-refractivity contribution in [2.75, 3.05) is 11.4 Å². The molecule has 7 heteroatoms. The molecule has 0 fully saturated rings. The van der Waals surface area contributed by atoms with Gasteiger partial charge in [0.25, 0.3) is 10.0 Å². The fourth-order valence-corrected chi connectivity index (χ4v) is 3.60. The Morgan fingerprint density at radius 3 is 2.48 bits per heavy atom. The second-order valence-corrected chi connectivity index (χ2v) is 7.10. The number of rotatable bonds is 4. The molecule has 0 amide bonds. The quantitative estimate of drug-likeness (QED) is 0.869. The van der Waals surface area contributed by atoms with Gasteiger partial charge in [-0.15, -0.1) is 0 Å². The molecule has 0 saturated carbocycles. The van der Waals surface area contributed by atoms with Gasteiger partial charge in [-0.1, -0.05) is 48.1 Å². The summed E-state index contributed by atoms with van der Waals surface area (Å²) in [6.45, 7) is 0. The molecule has 0 aliphatic rings.